The Hall–Kier alpha value is -1.95. The molecule has 0 spiro atoms. The van der Waals surface area contributed by atoms with Crippen molar-refractivity contribution in [2.75, 3.05) is 18.9 Å². The van der Waals surface area contributed by atoms with Crippen molar-refractivity contribution >= 4 is 5.69 Å². The average molecular weight is 273 g/mol. The number of hydrogen-bond donors (Lipinski definition) is 1. The van der Waals surface area contributed by atoms with Crippen LogP contribution in [0.3, 0.4) is 0 Å². The van der Waals surface area contributed by atoms with Crippen LogP contribution < -0.4 is 5.73 Å². The first-order chi connectivity index (χ1) is 9.62. The minimum atomic E-state index is -0.103. The maximum absolute atomic E-state index is 5.99. The summed E-state index contributed by atoms with van der Waals surface area (Å²) >= 11 is 0. The van der Waals surface area contributed by atoms with Crippen molar-refractivity contribution < 1.29 is 4.74 Å². The van der Waals surface area contributed by atoms with Gasteiger partial charge in [-0.1, -0.05) is 12.1 Å². The van der Waals surface area contributed by atoms with Crippen molar-refractivity contribution in [3.05, 3.63) is 23.8 Å². The molecule has 0 unspecified atom stereocenters. The number of hydrogen-bond acceptors (Lipinski definition) is 5. The largest absolute Gasteiger partial charge is 0.398 e. The third-order valence-corrected chi connectivity index (χ3v) is 4.17. The van der Waals surface area contributed by atoms with Gasteiger partial charge < -0.3 is 10.5 Å². The molecule has 1 aromatic heterocycles. The zero-order chi connectivity index (χ0) is 14.2. The van der Waals surface area contributed by atoms with E-state index in [2.05, 4.69) is 22.4 Å². The highest BCUT2D eigenvalue weighted by Gasteiger charge is 2.33. The minimum Gasteiger partial charge on any atom is -0.398 e. The molecule has 0 aliphatic carbocycles. The molecule has 3 rings (SSSR count). The lowest BCUT2D eigenvalue weighted by molar-refractivity contribution is 0.0240. The molecule has 2 heterocycles. The van der Waals surface area contributed by atoms with E-state index in [-0.39, 0.29) is 5.54 Å². The van der Waals surface area contributed by atoms with Gasteiger partial charge in [0, 0.05) is 24.5 Å². The van der Waals surface area contributed by atoms with Crippen molar-refractivity contribution in [3.8, 4) is 11.4 Å². The lowest BCUT2D eigenvalue weighted by atomic mass is 9.92. The van der Waals surface area contributed by atoms with Gasteiger partial charge in [-0.05, 0) is 48.7 Å². The summed E-state index contributed by atoms with van der Waals surface area (Å²) in [5.74, 6) is 0.777. The number of anilines is 1. The summed E-state index contributed by atoms with van der Waals surface area (Å²) in [6.45, 7) is 5.66. The SMILES string of the molecule is Cc1c(N)cccc1-c1nnnn1C1(C)CCOCC1. The fourth-order valence-electron chi connectivity index (χ4n) is 2.64. The second-order valence-corrected chi connectivity index (χ2v) is 5.54. The molecule has 1 aromatic carbocycles. The number of rotatable bonds is 2. The van der Waals surface area contributed by atoms with E-state index >= 15 is 0 Å². The summed E-state index contributed by atoms with van der Waals surface area (Å²) < 4.78 is 7.38. The van der Waals surface area contributed by atoms with Gasteiger partial charge in [-0.15, -0.1) is 5.10 Å². The number of aromatic nitrogens is 4. The van der Waals surface area contributed by atoms with Gasteiger partial charge in [-0.25, -0.2) is 4.68 Å². The van der Waals surface area contributed by atoms with Crippen molar-refractivity contribution in [2.45, 2.75) is 32.2 Å². The average Bonchev–Trinajstić information content (AvgIpc) is 2.93. The predicted molar refractivity (Wildman–Crippen MR) is 76.1 cm³/mol. The van der Waals surface area contributed by atoms with Crippen LogP contribution in [0.5, 0.6) is 0 Å². The summed E-state index contributed by atoms with van der Waals surface area (Å²) in [5.41, 5.74) is 8.65. The van der Waals surface area contributed by atoms with Crippen LogP contribution in [-0.2, 0) is 10.3 Å². The van der Waals surface area contributed by atoms with Gasteiger partial charge in [-0.2, -0.15) is 0 Å². The fraction of sp³-hybridized carbons (Fsp3) is 0.500. The van der Waals surface area contributed by atoms with Crippen LogP contribution in [0.15, 0.2) is 18.2 Å². The van der Waals surface area contributed by atoms with E-state index in [4.69, 9.17) is 10.5 Å². The van der Waals surface area contributed by atoms with Crippen molar-refractivity contribution in [3.63, 3.8) is 0 Å². The molecule has 0 saturated carbocycles. The van der Waals surface area contributed by atoms with Crippen LogP contribution in [-0.4, -0.2) is 33.4 Å². The number of tetrazole rings is 1. The van der Waals surface area contributed by atoms with Crippen molar-refractivity contribution in [1.82, 2.24) is 20.2 Å². The minimum absolute atomic E-state index is 0.103. The lowest BCUT2D eigenvalue weighted by Crippen LogP contribution is -2.38. The zero-order valence-electron chi connectivity index (χ0n) is 11.8. The summed E-state index contributed by atoms with van der Waals surface area (Å²) in [6, 6.07) is 5.84. The van der Waals surface area contributed by atoms with E-state index in [1.54, 1.807) is 0 Å². The standard InChI is InChI=1S/C14H19N5O/c1-10-11(4-3-5-12(10)15)13-16-17-18-19(13)14(2)6-8-20-9-7-14/h3-5H,6-9,15H2,1-2H3. The molecule has 1 aliphatic heterocycles. The summed E-state index contributed by atoms with van der Waals surface area (Å²) in [6.07, 6.45) is 1.82. The topological polar surface area (TPSA) is 78.9 Å². The second-order valence-electron chi connectivity index (χ2n) is 5.54. The van der Waals surface area contributed by atoms with E-state index in [1.807, 2.05) is 29.8 Å². The van der Waals surface area contributed by atoms with Crippen LogP contribution in [0.4, 0.5) is 5.69 Å². The van der Waals surface area contributed by atoms with Crippen LogP contribution in [0.1, 0.15) is 25.3 Å². The van der Waals surface area contributed by atoms with Crippen LogP contribution in [0.25, 0.3) is 11.4 Å². The Morgan fingerprint density at radius 1 is 1.30 bits per heavy atom. The fourth-order valence-corrected chi connectivity index (χ4v) is 2.64. The Balaban J connectivity index is 2.08. The molecule has 2 N–H and O–H groups in total. The molecular formula is C14H19N5O. The van der Waals surface area contributed by atoms with E-state index in [9.17, 15) is 0 Å². The molecule has 6 heteroatoms. The number of nitrogens with two attached hydrogens (primary N) is 1. The van der Waals surface area contributed by atoms with Gasteiger partial charge in [0.05, 0.1) is 5.54 Å². The highest BCUT2D eigenvalue weighted by Crippen LogP contribution is 2.33. The van der Waals surface area contributed by atoms with Crippen molar-refractivity contribution in [1.29, 1.82) is 0 Å². The molecule has 1 saturated heterocycles. The predicted octanol–water partition coefficient (Wildman–Crippen LogP) is 1.76. The molecule has 6 nitrogen and oxygen atoms in total. The maximum atomic E-state index is 5.99. The summed E-state index contributed by atoms with van der Waals surface area (Å²) in [4.78, 5) is 0. The Labute approximate surface area is 117 Å². The van der Waals surface area contributed by atoms with Crippen molar-refractivity contribution in [2.24, 2.45) is 0 Å². The lowest BCUT2D eigenvalue weighted by Gasteiger charge is -2.34. The van der Waals surface area contributed by atoms with Crippen LogP contribution in [0, 0.1) is 6.92 Å². The smallest absolute Gasteiger partial charge is 0.182 e. The second kappa shape index (κ2) is 4.86. The Kier molecular flexibility index (Phi) is 3.17. The van der Waals surface area contributed by atoms with Gasteiger partial charge in [0.1, 0.15) is 0 Å². The molecule has 2 aromatic rings. The monoisotopic (exact) mass is 273 g/mol. The summed E-state index contributed by atoms with van der Waals surface area (Å²) in [7, 11) is 0. The maximum Gasteiger partial charge on any atom is 0.182 e. The van der Waals surface area contributed by atoms with Gasteiger partial charge in [0.15, 0.2) is 5.82 Å². The molecule has 1 aliphatic rings. The van der Waals surface area contributed by atoms with Gasteiger partial charge in [0.25, 0.3) is 0 Å². The first-order valence-corrected chi connectivity index (χ1v) is 6.84. The van der Waals surface area contributed by atoms with Gasteiger partial charge in [0.2, 0.25) is 0 Å². The molecular weight excluding hydrogens is 254 g/mol. The molecule has 0 radical (unpaired) electrons. The van der Waals surface area contributed by atoms with E-state index in [1.165, 1.54) is 0 Å². The Morgan fingerprint density at radius 2 is 2.05 bits per heavy atom. The molecule has 1 fully saturated rings. The Bertz CT molecular complexity index is 616. The molecule has 106 valence electrons. The van der Waals surface area contributed by atoms with E-state index in [0.29, 0.717) is 0 Å². The zero-order valence-corrected chi connectivity index (χ0v) is 11.8. The van der Waals surface area contributed by atoms with Gasteiger partial charge >= 0.3 is 0 Å². The number of benzene rings is 1. The van der Waals surface area contributed by atoms with Crippen LogP contribution in [0.2, 0.25) is 0 Å². The van der Waals surface area contributed by atoms with E-state index < -0.39 is 0 Å². The normalized spacial score (nSPS) is 18.1. The molecule has 0 amide bonds. The highest BCUT2D eigenvalue weighted by molar-refractivity contribution is 5.67. The number of nitrogens with zero attached hydrogens (tertiary/aromatic N) is 4. The number of nitrogen functional groups attached to an aromatic ring is 1. The number of ether oxygens (including phenoxy) is 1. The quantitative estimate of drug-likeness (QED) is 0.843. The molecule has 20 heavy (non-hydrogen) atoms. The first-order valence-electron chi connectivity index (χ1n) is 6.84. The first kappa shape index (κ1) is 13.1. The third-order valence-electron chi connectivity index (χ3n) is 4.17. The summed E-state index contributed by atoms with van der Waals surface area (Å²) in [5, 5.41) is 12.3. The third kappa shape index (κ3) is 2.06. The molecule has 0 atom stereocenters. The highest BCUT2D eigenvalue weighted by atomic mass is 16.5. The van der Waals surface area contributed by atoms with Crippen LogP contribution >= 0.6 is 0 Å². The Morgan fingerprint density at radius 3 is 2.80 bits per heavy atom. The van der Waals surface area contributed by atoms with E-state index in [0.717, 1.165) is 48.7 Å². The van der Waals surface area contributed by atoms with Gasteiger partial charge in [-0.3, -0.25) is 0 Å². The molecule has 0 bridgehead atoms.